The van der Waals surface area contributed by atoms with E-state index in [1.165, 1.54) is 6.92 Å². The zero-order valence-electron chi connectivity index (χ0n) is 7.58. The highest BCUT2D eigenvalue weighted by Gasteiger charge is 2.41. The van der Waals surface area contributed by atoms with E-state index in [-0.39, 0.29) is 29.9 Å². The molecule has 2 heterocycles. The molecule has 4 heteroatoms. The van der Waals surface area contributed by atoms with Crippen LogP contribution in [0, 0.1) is 0 Å². The van der Waals surface area contributed by atoms with Crippen molar-refractivity contribution in [3.63, 3.8) is 0 Å². The van der Waals surface area contributed by atoms with Crippen LogP contribution in [0.5, 0.6) is 0 Å². The quantitative estimate of drug-likeness (QED) is 0.582. The van der Waals surface area contributed by atoms with Gasteiger partial charge in [0.1, 0.15) is 11.9 Å². The molecule has 2 rings (SSSR count). The normalized spacial score (nSPS) is 37.6. The summed E-state index contributed by atoms with van der Waals surface area (Å²) in [5.74, 6) is 0.0233. The first-order valence-corrected chi connectivity index (χ1v) is 4.60. The van der Waals surface area contributed by atoms with E-state index in [2.05, 4.69) is 5.32 Å². The van der Waals surface area contributed by atoms with Gasteiger partial charge in [-0.2, -0.15) is 0 Å². The van der Waals surface area contributed by atoms with Crippen molar-refractivity contribution in [2.75, 3.05) is 0 Å². The lowest BCUT2D eigenvalue weighted by Gasteiger charge is -2.21. The number of carbonyl (C=O) groups excluding carboxylic acids is 2. The van der Waals surface area contributed by atoms with Crippen LogP contribution >= 0.6 is 0 Å². The van der Waals surface area contributed by atoms with E-state index in [1.807, 2.05) is 0 Å². The first-order valence-electron chi connectivity index (χ1n) is 4.60. The molecule has 1 N–H and O–H groups in total. The minimum absolute atomic E-state index is 0.0650. The summed E-state index contributed by atoms with van der Waals surface area (Å²) in [7, 11) is 0. The average molecular weight is 183 g/mol. The van der Waals surface area contributed by atoms with Gasteiger partial charge >= 0.3 is 5.97 Å². The molecular formula is C9H13NO3. The number of piperidine rings is 1. The van der Waals surface area contributed by atoms with Gasteiger partial charge in [0.25, 0.3) is 0 Å². The van der Waals surface area contributed by atoms with E-state index in [0.717, 1.165) is 6.42 Å². The van der Waals surface area contributed by atoms with Crippen molar-refractivity contribution in [1.82, 2.24) is 5.32 Å². The Morgan fingerprint density at radius 2 is 2.31 bits per heavy atom. The van der Waals surface area contributed by atoms with Gasteiger partial charge in [0.05, 0.1) is 6.04 Å². The largest absolute Gasteiger partial charge is 0.461 e. The fourth-order valence-electron chi connectivity index (χ4n) is 2.20. The molecule has 0 unspecified atom stereocenters. The fourth-order valence-corrected chi connectivity index (χ4v) is 2.20. The van der Waals surface area contributed by atoms with Gasteiger partial charge in [-0.15, -0.1) is 0 Å². The summed E-state index contributed by atoms with van der Waals surface area (Å²) in [6.45, 7) is 1.41. The third-order valence-electron chi connectivity index (χ3n) is 2.65. The van der Waals surface area contributed by atoms with Crippen LogP contribution in [0.4, 0.5) is 0 Å². The first kappa shape index (κ1) is 8.69. The molecule has 0 aromatic carbocycles. The summed E-state index contributed by atoms with van der Waals surface area (Å²) in [5, 5.41) is 3.28. The van der Waals surface area contributed by atoms with Crippen molar-refractivity contribution in [1.29, 1.82) is 0 Å². The zero-order valence-corrected chi connectivity index (χ0v) is 7.58. The second kappa shape index (κ2) is 3.10. The maximum absolute atomic E-state index is 11.2. The van der Waals surface area contributed by atoms with Crippen molar-refractivity contribution in [2.24, 2.45) is 0 Å². The van der Waals surface area contributed by atoms with Crippen LogP contribution in [0.25, 0.3) is 0 Å². The van der Waals surface area contributed by atoms with Gasteiger partial charge in [0, 0.05) is 32.2 Å². The number of fused-ring (bicyclic) bond motifs is 2. The first-order chi connectivity index (χ1) is 6.15. The number of ketones is 1. The van der Waals surface area contributed by atoms with Gasteiger partial charge < -0.3 is 10.1 Å². The summed E-state index contributed by atoms with van der Waals surface area (Å²) in [5.41, 5.74) is 0. The van der Waals surface area contributed by atoms with Gasteiger partial charge in [-0.05, 0) is 0 Å². The summed E-state index contributed by atoms with van der Waals surface area (Å²) in [4.78, 5) is 21.9. The molecule has 2 saturated heterocycles. The Kier molecular flexibility index (Phi) is 2.07. The molecule has 2 bridgehead atoms. The molecule has 2 fully saturated rings. The molecule has 0 radical (unpaired) electrons. The molecule has 0 aliphatic carbocycles. The standard InChI is InChI=1S/C9H13NO3/c1-5(11)13-9-3-6-2-7(12)4-8(9)10-6/h6,8-10H,2-4H2,1H3/t6-,8+,9-/m0/s1. The van der Waals surface area contributed by atoms with E-state index in [1.54, 1.807) is 0 Å². The number of hydrogen-bond donors (Lipinski definition) is 1. The highest BCUT2D eigenvalue weighted by atomic mass is 16.5. The molecule has 2 aliphatic heterocycles. The number of carbonyl (C=O) groups is 2. The van der Waals surface area contributed by atoms with Crippen molar-refractivity contribution in [3.05, 3.63) is 0 Å². The zero-order chi connectivity index (χ0) is 9.42. The van der Waals surface area contributed by atoms with Crippen LogP contribution in [0.1, 0.15) is 26.2 Å². The van der Waals surface area contributed by atoms with Crippen LogP contribution in [0.3, 0.4) is 0 Å². The number of ether oxygens (including phenoxy) is 1. The minimum atomic E-state index is -0.258. The van der Waals surface area contributed by atoms with Crippen LogP contribution in [0.15, 0.2) is 0 Å². The topological polar surface area (TPSA) is 55.4 Å². The number of Topliss-reactive ketones (excluding diaryl/α,β-unsaturated/α-hetero) is 1. The van der Waals surface area contributed by atoms with Crippen molar-refractivity contribution in [3.8, 4) is 0 Å². The summed E-state index contributed by atoms with van der Waals surface area (Å²) in [6.07, 6.45) is 1.80. The second-order valence-electron chi connectivity index (χ2n) is 3.80. The van der Waals surface area contributed by atoms with Gasteiger partial charge in [-0.25, -0.2) is 0 Å². The Balaban J connectivity index is 2.01. The van der Waals surface area contributed by atoms with Crippen molar-refractivity contribution in [2.45, 2.75) is 44.4 Å². The van der Waals surface area contributed by atoms with Crippen LogP contribution in [0.2, 0.25) is 0 Å². The molecule has 0 saturated carbocycles. The lowest BCUT2D eigenvalue weighted by molar-refractivity contribution is -0.147. The third-order valence-corrected chi connectivity index (χ3v) is 2.65. The number of esters is 1. The van der Waals surface area contributed by atoms with Crippen LogP contribution in [-0.2, 0) is 14.3 Å². The maximum Gasteiger partial charge on any atom is 0.302 e. The molecule has 4 nitrogen and oxygen atoms in total. The molecule has 0 aromatic rings. The lowest BCUT2D eigenvalue weighted by atomic mass is 10.0. The van der Waals surface area contributed by atoms with Gasteiger partial charge in [0.2, 0.25) is 0 Å². The second-order valence-corrected chi connectivity index (χ2v) is 3.80. The Morgan fingerprint density at radius 1 is 1.54 bits per heavy atom. The highest BCUT2D eigenvalue weighted by molar-refractivity contribution is 5.81. The molecule has 3 atom stereocenters. The number of rotatable bonds is 1. The Bertz CT molecular complexity index is 251. The molecule has 72 valence electrons. The minimum Gasteiger partial charge on any atom is -0.461 e. The fraction of sp³-hybridized carbons (Fsp3) is 0.778. The monoisotopic (exact) mass is 183 g/mol. The maximum atomic E-state index is 11.2. The molecule has 2 aliphatic rings. The van der Waals surface area contributed by atoms with E-state index in [4.69, 9.17) is 4.74 Å². The average Bonchev–Trinajstić information content (AvgIpc) is 2.25. The lowest BCUT2D eigenvalue weighted by Crippen LogP contribution is -2.41. The molecule has 0 amide bonds. The van der Waals surface area contributed by atoms with Gasteiger partial charge in [-0.3, -0.25) is 9.59 Å². The molecular weight excluding hydrogens is 170 g/mol. The Labute approximate surface area is 76.6 Å². The molecule has 13 heavy (non-hydrogen) atoms. The van der Waals surface area contributed by atoms with E-state index < -0.39 is 0 Å². The highest BCUT2D eigenvalue weighted by Crippen LogP contribution is 2.27. The van der Waals surface area contributed by atoms with E-state index in [0.29, 0.717) is 12.8 Å². The summed E-state index contributed by atoms with van der Waals surface area (Å²) >= 11 is 0. The van der Waals surface area contributed by atoms with Gasteiger partial charge in [0.15, 0.2) is 0 Å². The Morgan fingerprint density at radius 3 is 3.00 bits per heavy atom. The van der Waals surface area contributed by atoms with E-state index >= 15 is 0 Å². The predicted octanol–water partition coefficient (Wildman–Crippen LogP) is 0.0115. The number of hydrogen-bond acceptors (Lipinski definition) is 4. The SMILES string of the molecule is CC(=O)O[C@H]1C[C@@H]2CC(=O)C[C@H]1N2. The predicted molar refractivity (Wildman–Crippen MR) is 45.1 cm³/mol. The summed E-state index contributed by atoms with van der Waals surface area (Å²) < 4.78 is 5.12. The van der Waals surface area contributed by atoms with E-state index in [9.17, 15) is 9.59 Å². The van der Waals surface area contributed by atoms with Crippen molar-refractivity contribution >= 4 is 11.8 Å². The van der Waals surface area contributed by atoms with Crippen LogP contribution < -0.4 is 5.32 Å². The van der Waals surface area contributed by atoms with Crippen LogP contribution in [-0.4, -0.2) is 29.9 Å². The van der Waals surface area contributed by atoms with Gasteiger partial charge in [-0.1, -0.05) is 0 Å². The number of nitrogens with one attached hydrogen (secondary N) is 1. The molecule has 0 aromatic heterocycles. The Hall–Kier alpha value is -0.900. The smallest absolute Gasteiger partial charge is 0.302 e. The molecule has 0 spiro atoms. The van der Waals surface area contributed by atoms with Crippen molar-refractivity contribution < 1.29 is 14.3 Å². The third kappa shape index (κ3) is 1.72. The summed E-state index contributed by atoms with van der Waals surface area (Å²) in [6, 6.07) is 0.297.